The summed E-state index contributed by atoms with van der Waals surface area (Å²) < 4.78 is 6.78. The Morgan fingerprint density at radius 2 is 2.00 bits per heavy atom. The van der Waals surface area contributed by atoms with Gasteiger partial charge in [-0.3, -0.25) is 9.48 Å². The number of aliphatic hydroxyl groups is 1. The molecule has 1 fully saturated rings. The van der Waals surface area contributed by atoms with Gasteiger partial charge in [0, 0.05) is 11.3 Å². The first-order chi connectivity index (χ1) is 9.97. The van der Waals surface area contributed by atoms with Crippen molar-refractivity contribution in [3.05, 3.63) is 17.0 Å². The number of hydrogen-bond acceptors (Lipinski definition) is 4. The highest BCUT2D eigenvalue weighted by Crippen LogP contribution is 2.32. The molecule has 118 valence electrons. The first-order valence-corrected chi connectivity index (χ1v) is 7.78. The molecule has 1 aliphatic carbocycles. The van der Waals surface area contributed by atoms with Crippen LogP contribution in [0.25, 0.3) is 0 Å². The summed E-state index contributed by atoms with van der Waals surface area (Å²) in [5.41, 5.74) is 2.75. The maximum Gasteiger partial charge on any atom is 0.312 e. The second-order valence-electron chi connectivity index (χ2n) is 6.05. The number of esters is 1. The zero-order chi connectivity index (χ0) is 15.6. The lowest BCUT2D eigenvalue weighted by Gasteiger charge is -2.22. The van der Waals surface area contributed by atoms with Crippen LogP contribution in [0.1, 0.15) is 67.9 Å². The van der Waals surface area contributed by atoms with Crippen LogP contribution < -0.4 is 0 Å². The van der Waals surface area contributed by atoms with E-state index in [1.807, 2.05) is 25.5 Å². The summed E-state index contributed by atoms with van der Waals surface area (Å²) in [6, 6.07) is 0.0183. The zero-order valence-corrected chi connectivity index (χ0v) is 13.4. The van der Waals surface area contributed by atoms with Crippen LogP contribution in [0.15, 0.2) is 0 Å². The zero-order valence-electron chi connectivity index (χ0n) is 13.4. The van der Waals surface area contributed by atoms with E-state index in [-0.39, 0.29) is 24.0 Å². The number of aliphatic hydroxyl groups excluding tert-OH is 1. The van der Waals surface area contributed by atoms with E-state index in [9.17, 15) is 9.90 Å². The van der Waals surface area contributed by atoms with Crippen molar-refractivity contribution in [1.82, 2.24) is 9.78 Å². The summed E-state index contributed by atoms with van der Waals surface area (Å²) in [5, 5.41) is 15.0. The molecular weight excluding hydrogens is 268 g/mol. The molecule has 1 saturated carbocycles. The third-order valence-corrected chi connectivity index (χ3v) is 4.63. The number of nitrogens with zero attached hydrogens (tertiary/aromatic N) is 2. The van der Waals surface area contributed by atoms with E-state index in [4.69, 9.17) is 4.74 Å². The molecule has 0 radical (unpaired) electrons. The number of carbonyl (C=O) groups is 1. The summed E-state index contributed by atoms with van der Waals surface area (Å²) in [6.07, 6.45) is 4.76. The lowest BCUT2D eigenvalue weighted by molar-refractivity contribution is -0.142. The predicted molar refractivity (Wildman–Crippen MR) is 80.3 cm³/mol. The Kier molecular flexibility index (Phi) is 5.04. The summed E-state index contributed by atoms with van der Waals surface area (Å²) in [5.74, 6) is -0.575. The predicted octanol–water partition coefficient (Wildman–Crippen LogP) is 2.64. The molecule has 5 heteroatoms. The van der Waals surface area contributed by atoms with Gasteiger partial charge in [0.15, 0.2) is 0 Å². The number of ether oxygens (including phenoxy) is 1. The van der Waals surface area contributed by atoms with Crippen molar-refractivity contribution in [2.45, 2.75) is 70.9 Å². The van der Waals surface area contributed by atoms with Gasteiger partial charge in [-0.25, -0.2) is 0 Å². The molecule has 1 aromatic heterocycles. The first-order valence-electron chi connectivity index (χ1n) is 7.78. The van der Waals surface area contributed by atoms with E-state index in [0.717, 1.165) is 49.1 Å². The first kappa shape index (κ1) is 16.0. The van der Waals surface area contributed by atoms with Crippen molar-refractivity contribution in [2.24, 2.45) is 0 Å². The van der Waals surface area contributed by atoms with E-state index in [0.29, 0.717) is 0 Å². The Balaban J connectivity index is 2.35. The maximum atomic E-state index is 11.8. The van der Waals surface area contributed by atoms with Crippen LogP contribution in [0.2, 0.25) is 0 Å². The Labute approximate surface area is 126 Å². The molecule has 5 nitrogen and oxygen atoms in total. The molecule has 1 N–H and O–H groups in total. The fourth-order valence-corrected chi connectivity index (χ4v) is 3.47. The fourth-order valence-electron chi connectivity index (χ4n) is 3.47. The average Bonchev–Trinajstić information content (AvgIpc) is 2.63. The minimum atomic E-state index is -0.355. The maximum absolute atomic E-state index is 11.8. The van der Waals surface area contributed by atoms with Crippen molar-refractivity contribution in [1.29, 1.82) is 0 Å². The van der Waals surface area contributed by atoms with E-state index >= 15 is 0 Å². The number of aromatic nitrogens is 2. The van der Waals surface area contributed by atoms with Gasteiger partial charge in [-0.2, -0.15) is 5.10 Å². The second kappa shape index (κ2) is 6.60. The van der Waals surface area contributed by atoms with Crippen LogP contribution in [0.5, 0.6) is 0 Å². The fraction of sp³-hybridized carbons (Fsp3) is 0.750. The molecule has 0 amide bonds. The van der Waals surface area contributed by atoms with Crippen LogP contribution >= 0.6 is 0 Å². The quantitative estimate of drug-likeness (QED) is 0.687. The van der Waals surface area contributed by atoms with Gasteiger partial charge < -0.3 is 9.84 Å². The standard InChI is InChI=1S/C16H26N2O3/c1-10(16(20)21-4)15-11(2)17-18(12(15)3)13-8-6-5-7-9-14(13)19/h10,13-14,19H,5-9H2,1-4H3. The lowest BCUT2D eigenvalue weighted by atomic mass is 9.98. The molecule has 1 heterocycles. The average molecular weight is 294 g/mol. The Morgan fingerprint density at radius 1 is 1.33 bits per heavy atom. The van der Waals surface area contributed by atoms with Crippen molar-refractivity contribution < 1.29 is 14.6 Å². The van der Waals surface area contributed by atoms with Crippen LogP contribution in [0, 0.1) is 13.8 Å². The third-order valence-electron chi connectivity index (χ3n) is 4.63. The minimum absolute atomic E-state index is 0.0183. The van der Waals surface area contributed by atoms with Crippen molar-refractivity contribution >= 4 is 5.97 Å². The molecule has 3 atom stereocenters. The second-order valence-corrected chi connectivity index (χ2v) is 6.05. The van der Waals surface area contributed by atoms with Crippen LogP contribution in [0.4, 0.5) is 0 Å². The van der Waals surface area contributed by atoms with Crippen LogP contribution in [0.3, 0.4) is 0 Å². The molecule has 0 spiro atoms. The molecule has 2 rings (SSSR count). The SMILES string of the molecule is COC(=O)C(C)c1c(C)nn(C2CCCCCC2O)c1C. The lowest BCUT2D eigenvalue weighted by Crippen LogP contribution is -2.25. The molecule has 1 aromatic rings. The van der Waals surface area contributed by atoms with Gasteiger partial charge in [0.25, 0.3) is 0 Å². The van der Waals surface area contributed by atoms with E-state index in [1.54, 1.807) is 0 Å². The Bertz CT molecular complexity index is 510. The molecule has 21 heavy (non-hydrogen) atoms. The summed E-state index contributed by atoms with van der Waals surface area (Å²) >= 11 is 0. The largest absolute Gasteiger partial charge is 0.469 e. The number of aryl methyl sites for hydroxylation is 1. The van der Waals surface area contributed by atoms with Gasteiger partial charge in [0.1, 0.15) is 0 Å². The highest BCUT2D eigenvalue weighted by molar-refractivity contribution is 5.78. The van der Waals surface area contributed by atoms with Crippen LogP contribution in [-0.4, -0.2) is 34.1 Å². The summed E-state index contributed by atoms with van der Waals surface area (Å²) in [6.45, 7) is 5.74. The van der Waals surface area contributed by atoms with Crippen molar-refractivity contribution in [3.63, 3.8) is 0 Å². The normalized spacial score (nSPS) is 24.4. The molecule has 0 aromatic carbocycles. The summed E-state index contributed by atoms with van der Waals surface area (Å²) in [7, 11) is 1.41. The number of carbonyl (C=O) groups excluding carboxylic acids is 1. The van der Waals surface area contributed by atoms with Gasteiger partial charge in [-0.05, 0) is 33.6 Å². The van der Waals surface area contributed by atoms with Gasteiger partial charge >= 0.3 is 5.97 Å². The molecule has 0 saturated heterocycles. The molecular formula is C16H26N2O3. The van der Waals surface area contributed by atoms with E-state index in [1.165, 1.54) is 7.11 Å². The summed E-state index contributed by atoms with van der Waals surface area (Å²) in [4.78, 5) is 11.8. The molecule has 0 aliphatic heterocycles. The number of methoxy groups -OCH3 is 1. The van der Waals surface area contributed by atoms with E-state index < -0.39 is 0 Å². The van der Waals surface area contributed by atoms with Gasteiger partial charge in [0.05, 0.1) is 30.9 Å². The van der Waals surface area contributed by atoms with E-state index in [2.05, 4.69) is 5.10 Å². The Hall–Kier alpha value is -1.36. The van der Waals surface area contributed by atoms with Gasteiger partial charge in [0.2, 0.25) is 0 Å². The monoisotopic (exact) mass is 294 g/mol. The van der Waals surface area contributed by atoms with Crippen molar-refractivity contribution in [2.75, 3.05) is 7.11 Å². The smallest absolute Gasteiger partial charge is 0.312 e. The molecule has 1 aliphatic rings. The minimum Gasteiger partial charge on any atom is -0.469 e. The third kappa shape index (κ3) is 3.12. The Morgan fingerprint density at radius 3 is 2.67 bits per heavy atom. The van der Waals surface area contributed by atoms with Gasteiger partial charge in [-0.15, -0.1) is 0 Å². The van der Waals surface area contributed by atoms with Gasteiger partial charge in [-0.1, -0.05) is 19.3 Å². The highest BCUT2D eigenvalue weighted by atomic mass is 16.5. The number of hydrogen-bond donors (Lipinski definition) is 1. The molecule has 3 unspecified atom stereocenters. The highest BCUT2D eigenvalue weighted by Gasteiger charge is 2.29. The van der Waals surface area contributed by atoms with Crippen LogP contribution in [-0.2, 0) is 9.53 Å². The topological polar surface area (TPSA) is 64.3 Å². The number of rotatable bonds is 3. The molecule has 0 bridgehead atoms. The van der Waals surface area contributed by atoms with Crippen molar-refractivity contribution in [3.8, 4) is 0 Å².